The highest BCUT2D eigenvalue weighted by molar-refractivity contribution is 6.42. The number of hydrogen-bond donors (Lipinski definition) is 1. The fraction of sp³-hybridized carbons (Fsp3) is 0.294. The maximum Gasteiger partial charge on any atom is 0.0595 e. The van der Waals surface area contributed by atoms with Crippen molar-refractivity contribution in [2.24, 2.45) is 0 Å². The van der Waals surface area contributed by atoms with Gasteiger partial charge in [-0.1, -0.05) is 42.3 Å². The van der Waals surface area contributed by atoms with Gasteiger partial charge in [0.2, 0.25) is 0 Å². The van der Waals surface area contributed by atoms with Crippen molar-refractivity contribution in [3.8, 4) is 0 Å². The molecule has 0 bridgehead atoms. The third-order valence-corrected chi connectivity index (χ3v) is 4.06. The molecule has 0 spiro atoms. The molecule has 2 rings (SSSR count). The van der Waals surface area contributed by atoms with E-state index in [0.717, 1.165) is 17.7 Å². The van der Waals surface area contributed by atoms with Crippen molar-refractivity contribution < 1.29 is 0 Å². The van der Waals surface area contributed by atoms with Crippen LogP contribution in [0, 0.1) is 13.8 Å². The minimum Gasteiger partial charge on any atom is -0.378 e. The van der Waals surface area contributed by atoms with Crippen LogP contribution in [0.15, 0.2) is 36.4 Å². The lowest BCUT2D eigenvalue weighted by atomic mass is 10.0. The van der Waals surface area contributed by atoms with Crippen LogP contribution in [0.25, 0.3) is 0 Å². The van der Waals surface area contributed by atoms with Crippen LogP contribution < -0.4 is 5.32 Å². The molecule has 0 fully saturated rings. The van der Waals surface area contributed by atoms with Crippen LogP contribution in [-0.4, -0.2) is 0 Å². The zero-order valence-electron chi connectivity index (χ0n) is 12.0. The molecule has 0 saturated carbocycles. The minimum atomic E-state index is 0.228. The number of benzene rings is 2. The standard InChI is InChI=1S/C17H19Cl2N/c1-4-17(13-5-6-15(18)16(19)10-13)20-14-8-11(2)7-12(3)9-14/h5-10,17,20H,4H2,1-3H3. The summed E-state index contributed by atoms with van der Waals surface area (Å²) >= 11 is 12.1. The average Bonchev–Trinajstić information content (AvgIpc) is 2.38. The summed E-state index contributed by atoms with van der Waals surface area (Å²) in [5.41, 5.74) is 4.81. The first kappa shape index (κ1) is 15.2. The Hall–Kier alpha value is -1.18. The van der Waals surface area contributed by atoms with Crippen LogP contribution in [0.5, 0.6) is 0 Å². The second-order valence-electron chi connectivity index (χ2n) is 5.16. The summed E-state index contributed by atoms with van der Waals surface area (Å²) in [6.07, 6.45) is 0.977. The Balaban J connectivity index is 2.26. The molecule has 3 heteroatoms. The molecule has 0 heterocycles. The Bertz CT molecular complexity index is 588. The number of nitrogens with one attached hydrogen (secondary N) is 1. The molecule has 0 aliphatic rings. The van der Waals surface area contributed by atoms with Gasteiger partial charge in [-0.05, 0) is 61.2 Å². The van der Waals surface area contributed by atoms with Crippen molar-refractivity contribution in [1.82, 2.24) is 0 Å². The predicted octanol–water partition coefficient (Wildman–Crippen LogP) is 6.17. The fourth-order valence-electron chi connectivity index (χ4n) is 2.41. The van der Waals surface area contributed by atoms with E-state index in [1.54, 1.807) is 0 Å². The Morgan fingerprint density at radius 3 is 2.15 bits per heavy atom. The Labute approximate surface area is 130 Å². The Morgan fingerprint density at radius 2 is 1.60 bits per heavy atom. The van der Waals surface area contributed by atoms with Crippen molar-refractivity contribution >= 4 is 28.9 Å². The van der Waals surface area contributed by atoms with E-state index >= 15 is 0 Å². The molecule has 106 valence electrons. The maximum atomic E-state index is 6.11. The molecule has 0 aliphatic heterocycles. The van der Waals surface area contributed by atoms with Gasteiger partial charge >= 0.3 is 0 Å². The van der Waals surface area contributed by atoms with Gasteiger partial charge in [0, 0.05) is 5.69 Å². The SMILES string of the molecule is CCC(Nc1cc(C)cc(C)c1)c1ccc(Cl)c(Cl)c1. The summed E-state index contributed by atoms with van der Waals surface area (Å²) < 4.78 is 0. The van der Waals surface area contributed by atoms with Crippen LogP contribution in [0.4, 0.5) is 5.69 Å². The normalized spacial score (nSPS) is 12.2. The van der Waals surface area contributed by atoms with Crippen LogP contribution in [0.2, 0.25) is 10.0 Å². The van der Waals surface area contributed by atoms with Crippen molar-refractivity contribution in [2.45, 2.75) is 33.2 Å². The fourth-order valence-corrected chi connectivity index (χ4v) is 2.72. The van der Waals surface area contributed by atoms with Crippen molar-refractivity contribution in [3.63, 3.8) is 0 Å². The van der Waals surface area contributed by atoms with Gasteiger partial charge in [0.25, 0.3) is 0 Å². The lowest BCUT2D eigenvalue weighted by molar-refractivity contribution is 0.749. The van der Waals surface area contributed by atoms with Gasteiger partial charge in [-0.2, -0.15) is 0 Å². The van der Waals surface area contributed by atoms with Gasteiger partial charge < -0.3 is 5.32 Å². The van der Waals surface area contributed by atoms with Crippen LogP contribution >= 0.6 is 23.2 Å². The maximum absolute atomic E-state index is 6.11. The lowest BCUT2D eigenvalue weighted by Crippen LogP contribution is -2.10. The van der Waals surface area contributed by atoms with Crippen molar-refractivity contribution in [2.75, 3.05) is 5.32 Å². The van der Waals surface area contributed by atoms with Crippen LogP contribution in [0.3, 0.4) is 0 Å². The van der Waals surface area contributed by atoms with Gasteiger partial charge in [-0.3, -0.25) is 0 Å². The monoisotopic (exact) mass is 307 g/mol. The zero-order chi connectivity index (χ0) is 14.7. The van der Waals surface area contributed by atoms with E-state index in [-0.39, 0.29) is 6.04 Å². The van der Waals surface area contributed by atoms with Crippen molar-refractivity contribution in [1.29, 1.82) is 0 Å². The molecule has 0 saturated heterocycles. The number of aryl methyl sites for hydroxylation is 2. The predicted molar refractivity (Wildman–Crippen MR) is 89.0 cm³/mol. The summed E-state index contributed by atoms with van der Waals surface area (Å²) in [4.78, 5) is 0. The summed E-state index contributed by atoms with van der Waals surface area (Å²) in [5, 5.41) is 4.77. The molecule has 0 amide bonds. The second-order valence-corrected chi connectivity index (χ2v) is 5.97. The van der Waals surface area contributed by atoms with E-state index in [1.807, 2.05) is 18.2 Å². The van der Waals surface area contributed by atoms with E-state index in [2.05, 4.69) is 44.3 Å². The molecule has 20 heavy (non-hydrogen) atoms. The number of hydrogen-bond acceptors (Lipinski definition) is 1. The molecule has 1 N–H and O–H groups in total. The summed E-state index contributed by atoms with van der Waals surface area (Å²) in [6.45, 7) is 6.37. The first-order valence-electron chi connectivity index (χ1n) is 6.79. The summed E-state index contributed by atoms with van der Waals surface area (Å²) in [6, 6.07) is 12.5. The second kappa shape index (κ2) is 6.51. The highest BCUT2D eigenvalue weighted by Crippen LogP contribution is 2.29. The minimum absolute atomic E-state index is 0.228. The largest absolute Gasteiger partial charge is 0.378 e. The van der Waals surface area contributed by atoms with Gasteiger partial charge in [0.05, 0.1) is 16.1 Å². The van der Waals surface area contributed by atoms with E-state index in [4.69, 9.17) is 23.2 Å². The first-order chi connectivity index (χ1) is 9.49. The van der Waals surface area contributed by atoms with Gasteiger partial charge in [0.1, 0.15) is 0 Å². The number of halogens is 2. The Kier molecular flexibility index (Phi) is 4.95. The molecular formula is C17H19Cl2N. The molecule has 1 unspecified atom stereocenters. The van der Waals surface area contributed by atoms with Gasteiger partial charge in [-0.25, -0.2) is 0 Å². The van der Waals surface area contributed by atoms with Crippen LogP contribution in [0.1, 0.15) is 36.1 Å². The molecule has 2 aromatic rings. The zero-order valence-corrected chi connectivity index (χ0v) is 13.5. The molecule has 1 nitrogen and oxygen atoms in total. The third-order valence-electron chi connectivity index (χ3n) is 3.32. The van der Waals surface area contributed by atoms with E-state index < -0.39 is 0 Å². The lowest BCUT2D eigenvalue weighted by Gasteiger charge is -2.20. The summed E-state index contributed by atoms with van der Waals surface area (Å²) in [7, 11) is 0. The topological polar surface area (TPSA) is 12.0 Å². The molecular weight excluding hydrogens is 289 g/mol. The van der Waals surface area contributed by atoms with Crippen molar-refractivity contribution in [3.05, 3.63) is 63.1 Å². The first-order valence-corrected chi connectivity index (χ1v) is 7.55. The smallest absolute Gasteiger partial charge is 0.0595 e. The quantitative estimate of drug-likeness (QED) is 0.711. The molecule has 0 radical (unpaired) electrons. The van der Waals surface area contributed by atoms with Gasteiger partial charge in [-0.15, -0.1) is 0 Å². The van der Waals surface area contributed by atoms with E-state index in [1.165, 1.54) is 11.1 Å². The molecule has 1 atom stereocenters. The highest BCUT2D eigenvalue weighted by Gasteiger charge is 2.11. The van der Waals surface area contributed by atoms with Gasteiger partial charge in [0.15, 0.2) is 0 Å². The molecule has 0 aliphatic carbocycles. The summed E-state index contributed by atoms with van der Waals surface area (Å²) in [5.74, 6) is 0. The molecule has 0 aromatic heterocycles. The molecule has 2 aromatic carbocycles. The number of anilines is 1. The third kappa shape index (κ3) is 3.68. The highest BCUT2D eigenvalue weighted by atomic mass is 35.5. The van der Waals surface area contributed by atoms with Crippen LogP contribution in [-0.2, 0) is 0 Å². The average molecular weight is 308 g/mol. The Morgan fingerprint density at radius 1 is 0.950 bits per heavy atom. The van der Waals surface area contributed by atoms with E-state index in [9.17, 15) is 0 Å². The van der Waals surface area contributed by atoms with E-state index in [0.29, 0.717) is 10.0 Å². The number of rotatable bonds is 4.